The Kier molecular flexibility index (Phi) is 11.4. The number of hydrogen-bond donors (Lipinski definition) is 2. The van der Waals surface area contributed by atoms with Gasteiger partial charge in [-0.15, -0.1) is 0 Å². The van der Waals surface area contributed by atoms with Crippen molar-refractivity contribution in [3.8, 4) is 0 Å². The second kappa shape index (κ2) is 13.9. The number of nitrogens with one attached hydrogen (secondary N) is 2. The monoisotopic (exact) mass is 516 g/mol. The Labute approximate surface area is 212 Å². The number of nitro groups is 2. The van der Waals surface area contributed by atoms with Gasteiger partial charge in [-0.25, -0.2) is 9.59 Å². The molecule has 0 unspecified atom stereocenters. The molecule has 0 saturated heterocycles. The number of hydrogen-bond acceptors (Lipinski definition) is 9. The topological polar surface area (TPSA) is 180 Å². The van der Waals surface area contributed by atoms with E-state index in [0.29, 0.717) is 0 Å². The number of esters is 1. The van der Waals surface area contributed by atoms with Crippen molar-refractivity contribution in [1.29, 1.82) is 0 Å². The second-order valence-corrected chi connectivity index (χ2v) is 7.97. The second-order valence-electron chi connectivity index (χ2n) is 7.97. The molecule has 0 aliphatic carbocycles. The first-order chi connectivity index (χ1) is 17.3. The molecule has 0 heterocycles. The molecular formula is C24H28N4O9. The van der Waals surface area contributed by atoms with E-state index in [0.717, 1.165) is 30.4 Å². The average Bonchev–Trinajstić information content (AvgIpc) is 2.82. The number of amides is 2. The highest BCUT2D eigenvalue weighted by atomic mass is 16.6. The molecule has 0 radical (unpaired) electrons. The van der Waals surface area contributed by atoms with Crippen LogP contribution < -0.4 is 10.6 Å². The fourth-order valence-electron chi connectivity index (χ4n) is 2.59. The third-order valence-electron chi connectivity index (χ3n) is 3.96. The van der Waals surface area contributed by atoms with Gasteiger partial charge in [0.05, 0.1) is 27.3 Å². The lowest BCUT2D eigenvalue weighted by molar-refractivity contribution is -0.394. The maximum atomic E-state index is 12.2. The summed E-state index contributed by atoms with van der Waals surface area (Å²) >= 11 is 0. The van der Waals surface area contributed by atoms with Crippen LogP contribution in [0.1, 0.15) is 40.2 Å². The first-order valence-electron chi connectivity index (χ1n) is 11.0. The van der Waals surface area contributed by atoms with Gasteiger partial charge >= 0.3 is 12.1 Å². The summed E-state index contributed by atoms with van der Waals surface area (Å²) in [6.45, 7) is 8.61. The number of benzene rings is 2. The molecule has 2 aromatic rings. The minimum absolute atomic E-state index is 0.0271. The number of ether oxygens (including phenoxy) is 2. The smallest absolute Gasteiger partial charge is 0.412 e. The quantitative estimate of drug-likeness (QED) is 0.208. The highest BCUT2D eigenvalue weighted by Crippen LogP contribution is 2.24. The normalized spacial score (nSPS) is 10.5. The molecule has 0 saturated carbocycles. The van der Waals surface area contributed by atoms with Gasteiger partial charge in [0.25, 0.3) is 11.4 Å². The Morgan fingerprint density at radius 1 is 0.892 bits per heavy atom. The van der Waals surface area contributed by atoms with Crippen molar-refractivity contribution in [3.05, 3.63) is 80.4 Å². The summed E-state index contributed by atoms with van der Waals surface area (Å²) in [4.78, 5) is 56.4. The summed E-state index contributed by atoms with van der Waals surface area (Å²) in [7, 11) is 0. The summed E-state index contributed by atoms with van der Waals surface area (Å²) in [6.07, 6.45) is 0.965. The molecule has 0 bridgehead atoms. The van der Waals surface area contributed by atoms with Gasteiger partial charge in [-0.2, -0.15) is 0 Å². The van der Waals surface area contributed by atoms with Crippen molar-refractivity contribution in [1.82, 2.24) is 0 Å². The molecule has 0 aromatic heterocycles. The Morgan fingerprint density at radius 3 is 1.89 bits per heavy atom. The average molecular weight is 517 g/mol. The number of rotatable bonds is 8. The number of nitro benzene ring substituents is 2. The number of anilines is 2. The van der Waals surface area contributed by atoms with Crippen LogP contribution in [0.5, 0.6) is 0 Å². The van der Waals surface area contributed by atoms with Crippen LogP contribution in [0.2, 0.25) is 0 Å². The van der Waals surface area contributed by atoms with E-state index < -0.39 is 51.4 Å². The predicted octanol–water partition coefficient (Wildman–Crippen LogP) is 5.11. The first-order valence-corrected chi connectivity index (χ1v) is 11.0. The van der Waals surface area contributed by atoms with E-state index in [9.17, 15) is 34.6 Å². The Bertz CT molecular complexity index is 1150. The SMILES string of the molecule is CC.CC(C)(C)OC(=O)Nc1ccccc1NC(=O)/C=C\C(=O)OCc1cc([N+](=O)[O-])cc([N+](=O)[O-])c1. The molecule has 198 valence electrons. The summed E-state index contributed by atoms with van der Waals surface area (Å²) < 4.78 is 10.1. The fourth-order valence-corrected chi connectivity index (χ4v) is 2.59. The maximum Gasteiger partial charge on any atom is 0.412 e. The molecule has 37 heavy (non-hydrogen) atoms. The van der Waals surface area contributed by atoms with Gasteiger partial charge in [-0.1, -0.05) is 26.0 Å². The van der Waals surface area contributed by atoms with E-state index in [-0.39, 0.29) is 16.9 Å². The van der Waals surface area contributed by atoms with E-state index in [2.05, 4.69) is 10.6 Å². The van der Waals surface area contributed by atoms with Crippen LogP contribution in [-0.4, -0.2) is 33.4 Å². The molecule has 0 spiro atoms. The van der Waals surface area contributed by atoms with Crippen LogP contribution >= 0.6 is 0 Å². The fraction of sp³-hybridized carbons (Fsp3) is 0.292. The van der Waals surface area contributed by atoms with Gasteiger partial charge in [0.15, 0.2) is 0 Å². The Hall–Kier alpha value is -4.81. The van der Waals surface area contributed by atoms with Crippen LogP contribution in [-0.2, 0) is 25.7 Å². The van der Waals surface area contributed by atoms with E-state index >= 15 is 0 Å². The molecule has 2 amide bonds. The van der Waals surface area contributed by atoms with Crippen LogP contribution in [0.25, 0.3) is 0 Å². The lowest BCUT2D eigenvalue weighted by Crippen LogP contribution is -2.27. The number of nitrogens with zero attached hydrogens (tertiary/aromatic N) is 2. The van der Waals surface area contributed by atoms with Gasteiger partial charge in [0.1, 0.15) is 12.2 Å². The van der Waals surface area contributed by atoms with Crippen molar-refractivity contribution in [2.45, 2.75) is 46.8 Å². The third kappa shape index (κ3) is 11.0. The molecule has 0 atom stereocenters. The Morgan fingerprint density at radius 2 is 1.41 bits per heavy atom. The van der Waals surface area contributed by atoms with Gasteiger partial charge in [0, 0.05) is 29.8 Å². The van der Waals surface area contributed by atoms with E-state index in [1.165, 1.54) is 12.1 Å². The van der Waals surface area contributed by atoms with Crippen LogP contribution in [0.3, 0.4) is 0 Å². The van der Waals surface area contributed by atoms with Crippen LogP contribution in [0, 0.1) is 20.2 Å². The highest BCUT2D eigenvalue weighted by molar-refractivity contribution is 6.05. The maximum absolute atomic E-state index is 12.2. The van der Waals surface area contributed by atoms with Gasteiger partial charge in [0.2, 0.25) is 5.91 Å². The van der Waals surface area contributed by atoms with Crippen molar-refractivity contribution in [2.75, 3.05) is 10.6 Å². The molecule has 2 rings (SSSR count). The van der Waals surface area contributed by atoms with Crippen molar-refractivity contribution in [3.63, 3.8) is 0 Å². The number of para-hydroxylation sites is 2. The molecule has 0 fully saturated rings. The molecule has 2 aromatic carbocycles. The van der Waals surface area contributed by atoms with Crippen LogP contribution in [0.15, 0.2) is 54.6 Å². The van der Waals surface area contributed by atoms with Crippen LogP contribution in [0.4, 0.5) is 27.5 Å². The molecule has 0 aliphatic heterocycles. The van der Waals surface area contributed by atoms with Crippen molar-refractivity contribution in [2.24, 2.45) is 0 Å². The molecule has 0 aliphatic rings. The summed E-state index contributed by atoms with van der Waals surface area (Å²) in [6, 6.07) is 9.16. The number of non-ortho nitro benzene ring substituents is 2. The van der Waals surface area contributed by atoms with Crippen molar-refractivity contribution < 1.29 is 33.7 Å². The van der Waals surface area contributed by atoms with Gasteiger partial charge in [-0.3, -0.25) is 30.3 Å². The zero-order chi connectivity index (χ0) is 28.2. The van der Waals surface area contributed by atoms with Gasteiger partial charge < -0.3 is 14.8 Å². The third-order valence-corrected chi connectivity index (χ3v) is 3.96. The molecule has 13 heteroatoms. The zero-order valence-electron chi connectivity index (χ0n) is 21.0. The first kappa shape index (κ1) is 30.2. The predicted molar refractivity (Wildman–Crippen MR) is 135 cm³/mol. The highest BCUT2D eigenvalue weighted by Gasteiger charge is 2.18. The number of carbonyl (C=O) groups is 3. The summed E-state index contributed by atoms with van der Waals surface area (Å²) in [5.41, 5.74) is -1.25. The van der Waals surface area contributed by atoms with Gasteiger partial charge in [-0.05, 0) is 32.9 Å². The minimum atomic E-state index is -0.963. The molecular weight excluding hydrogens is 488 g/mol. The van der Waals surface area contributed by atoms with E-state index in [1.807, 2.05) is 13.8 Å². The number of carbonyl (C=O) groups excluding carboxylic acids is 3. The van der Waals surface area contributed by atoms with Crippen molar-refractivity contribution >= 4 is 40.7 Å². The Balaban J connectivity index is 0.00000334. The molecule has 2 N–H and O–H groups in total. The summed E-state index contributed by atoms with van der Waals surface area (Å²) in [5, 5.41) is 26.9. The largest absolute Gasteiger partial charge is 0.458 e. The lowest BCUT2D eigenvalue weighted by Gasteiger charge is -2.20. The zero-order valence-corrected chi connectivity index (χ0v) is 21.0. The summed E-state index contributed by atoms with van der Waals surface area (Å²) in [5.74, 6) is -1.68. The lowest BCUT2D eigenvalue weighted by atomic mass is 10.2. The standard InChI is InChI=1S/C22H22N4O9.C2H6/c1-22(2,3)35-21(29)24-18-7-5-4-6-17(18)23-19(27)8-9-20(28)34-13-14-10-15(25(30)31)12-16(11-14)26(32)33;1-2/h4-12H,13H2,1-3H3,(H,23,27)(H,24,29);1-2H3/b9-8-;. The van der Waals surface area contributed by atoms with E-state index in [4.69, 9.17) is 9.47 Å². The molecule has 13 nitrogen and oxygen atoms in total. The van der Waals surface area contributed by atoms with E-state index in [1.54, 1.807) is 32.9 Å². The minimum Gasteiger partial charge on any atom is -0.458 e.